The molecule has 3 nitrogen and oxygen atoms in total. The number of ketones is 2. The summed E-state index contributed by atoms with van der Waals surface area (Å²) in [6, 6.07) is 0. The fourth-order valence-electron chi connectivity index (χ4n) is 3.32. The van der Waals surface area contributed by atoms with Crippen molar-refractivity contribution in [3.63, 3.8) is 0 Å². The second-order valence-electron chi connectivity index (χ2n) is 7.62. The van der Waals surface area contributed by atoms with Gasteiger partial charge in [0, 0.05) is 18.8 Å². The Bertz CT molecular complexity index is 421. The van der Waals surface area contributed by atoms with E-state index in [9.17, 15) is 14.7 Å². The molecule has 132 valence electrons. The van der Waals surface area contributed by atoms with E-state index in [1.807, 2.05) is 13.8 Å². The van der Waals surface area contributed by atoms with Crippen molar-refractivity contribution in [2.24, 2.45) is 17.8 Å². The topological polar surface area (TPSA) is 54.4 Å². The third-order valence-electron chi connectivity index (χ3n) is 4.69. The highest BCUT2D eigenvalue weighted by atomic mass is 16.3. The zero-order valence-corrected chi connectivity index (χ0v) is 15.3. The van der Waals surface area contributed by atoms with Crippen LogP contribution in [0.1, 0.15) is 79.1 Å². The Labute approximate surface area is 141 Å². The maximum absolute atomic E-state index is 11.4. The first-order valence-corrected chi connectivity index (χ1v) is 9.27. The molecule has 0 bridgehead atoms. The van der Waals surface area contributed by atoms with E-state index in [4.69, 9.17) is 0 Å². The van der Waals surface area contributed by atoms with E-state index in [0.29, 0.717) is 18.1 Å². The lowest BCUT2D eigenvalue weighted by Crippen LogP contribution is -2.34. The van der Waals surface area contributed by atoms with Gasteiger partial charge in [0.15, 0.2) is 5.78 Å². The van der Waals surface area contributed by atoms with Crippen LogP contribution >= 0.6 is 0 Å². The Morgan fingerprint density at radius 3 is 2.09 bits per heavy atom. The van der Waals surface area contributed by atoms with Crippen molar-refractivity contribution < 1.29 is 14.7 Å². The van der Waals surface area contributed by atoms with Crippen LogP contribution in [-0.2, 0) is 9.59 Å². The van der Waals surface area contributed by atoms with Crippen LogP contribution in [0.5, 0.6) is 0 Å². The van der Waals surface area contributed by atoms with Gasteiger partial charge in [-0.25, -0.2) is 0 Å². The number of carbonyl (C=O) groups is 2. The normalized spacial score (nSPS) is 25.5. The number of rotatable bonds is 3. The molecule has 3 heteroatoms. The number of hydrogen-bond acceptors (Lipinski definition) is 3. The first kappa shape index (κ1) is 20.1. The highest BCUT2D eigenvalue weighted by Crippen LogP contribution is 2.26. The fourth-order valence-corrected chi connectivity index (χ4v) is 3.32. The third kappa shape index (κ3) is 6.99. The van der Waals surface area contributed by atoms with Gasteiger partial charge in [-0.05, 0) is 49.5 Å². The van der Waals surface area contributed by atoms with Crippen molar-refractivity contribution in [3.8, 4) is 0 Å². The molecule has 2 atom stereocenters. The van der Waals surface area contributed by atoms with Gasteiger partial charge in [-0.1, -0.05) is 40.2 Å². The summed E-state index contributed by atoms with van der Waals surface area (Å²) in [4.78, 5) is 22.6. The van der Waals surface area contributed by atoms with Crippen LogP contribution in [0.3, 0.4) is 0 Å². The van der Waals surface area contributed by atoms with Crippen molar-refractivity contribution in [2.45, 2.75) is 85.2 Å². The van der Waals surface area contributed by atoms with Gasteiger partial charge in [-0.3, -0.25) is 9.59 Å². The molecule has 2 saturated carbocycles. The predicted octanol–water partition coefficient (Wildman–Crippen LogP) is 4.47. The summed E-state index contributed by atoms with van der Waals surface area (Å²) in [7, 11) is 0. The summed E-state index contributed by atoms with van der Waals surface area (Å²) in [5.41, 5.74) is 1.08. The van der Waals surface area contributed by atoms with Gasteiger partial charge >= 0.3 is 0 Å². The molecule has 0 aromatic carbocycles. The minimum Gasteiger partial charge on any atom is -0.392 e. The smallest absolute Gasteiger partial charge is 0.158 e. The van der Waals surface area contributed by atoms with Gasteiger partial charge in [-0.15, -0.1) is 0 Å². The quantitative estimate of drug-likeness (QED) is 0.780. The number of Topliss-reactive ketones (excluding diaryl/α,β-unsaturated/α-hetero) is 2. The second-order valence-corrected chi connectivity index (χ2v) is 7.62. The van der Waals surface area contributed by atoms with Crippen LogP contribution in [0, 0.1) is 17.8 Å². The van der Waals surface area contributed by atoms with Crippen LogP contribution in [-0.4, -0.2) is 22.8 Å². The maximum Gasteiger partial charge on any atom is 0.158 e. The minimum absolute atomic E-state index is 0.0706. The lowest BCUT2D eigenvalue weighted by molar-refractivity contribution is -0.129. The molecule has 23 heavy (non-hydrogen) atoms. The van der Waals surface area contributed by atoms with E-state index in [1.54, 1.807) is 0 Å². The van der Waals surface area contributed by atoms with Crippen LogP contribution < -0.4 is 0 Å². The van der Waals surface area contributed by atoms with Crippen molar-refractivity contribution in [1.29, 1.82) is 0 Å². The molecule has 2 rings (SSSR count). The molecule has 0 saturated heterocycles. The van der Waals surface area contributed by atoms with Crippen LogP contribution in [0.4, 0.5) is 0 Å². The van der Waals surface area contributed by atoms with Gasteiger partial charge in [0.2, 0.25) is 0 Å². The summed E-state index contributed by atoms with van der Waals surface area (Å²) in [5.74, 6) is 1.30. The fraction of sp³-hybridized carbons (Fsp3) is 0.800. The molecule has 1 N–H and O–H groups in total. The lowest BCUT2D eigenvalue weighted by atomic mass is 9.80. The maximum atomic E-state index is 11.4. The molecule has 2 unspecified atom stereocenters. The third-order valence-corrected chi connectivity index (χ3v) is 4.69. The van der Waals surface area contributed by atoms with E-state index < -0.39 is 6.10 Å². The highest BCUT2D eigenvalue weighted by molar-refractivity contribution is 5.95. The van der Waals surface area contributed by atoms with Crippen LogP contribution in [0.2, 0.25) is 0 Å². The summed E-state index contributed by atoms with van der Waals surface area (Å²) in [6.07, 6.45) is 9.44. The summed E-state index contributed by atoms with van der Waals surface area (Å²) in [5, 5.41) is 9.70. The molecule has 2 aliphatic carbocycles. The summed E-state index contributed by atoms with van der Waals surface area (Å²) >= 11 is 0. The van der Waals surface area contributed by atoms with Gasteiger partial charge in [0.25, 0.3) is 0 Å². The molecule has 0 heterocycles. The largest absolute Gasteiger partial charge is 0.392 e. The summed E-state index contributed by atoms with van der Waals surface area (Å²) in [6.45, 7) is 8.17. The van der Waals surface area contributed by atoms with Crippen molar-refractivity contribution in [2.75, 3.05) is 0 Å². The Morgan fingerprint density at radius 2 is 1.57 bits per heavy atom. The standard InChI is InChI=1S/C10H18O2.C10H16O/c1-7(2)10(12)8-5-3-4-6-9(8)11;1-8(2)7-9-5-3-4-6-10(9)11/h7-8,10,12H,3-6H2,1-2H3;7-8H,3-6H2,1-2H3. The molecule has 0 aromatic rings. The molecular weight excluding hydrogens is 288 g/mol. The molecule has 0 spiro atoms. The Balaban J connectivity index is 0.000000231. The second kappa shape index (κ2) is 10.0. The molecule has 0 amide bonds. The summed E-state index contributed by atoms with van der Waals surface area (Å²) < 4.78 is 0. The minimum atomic E-state index is -0.419. The highest BCUT2D eigenvalue weighted by Gasteiger charge is 2.30. The van der Waals surface area contributed by atoms with Gasteiger partial charge in [0.1, 0.15) is 5.78 Å². The van der Waals surface area contributed by atoms with E-state index >= 15 is 0 Å². The number of carbonyl (C=O) groups excluding carboxylic acids is 2. The zero-order valence-electron chi connectivity index (χ0n) is 15.3. The van der Waals surface area contributed by atoms with E-state index in [0.717, 1.165) is 44.1 Å². The van der Waals surface area contributed by atoms with E-state index in [-0.39, 0.29) is 17.6 Å². The van der Waals surface area contributed by atoms with Crippen molar-refractivity contribution in [3.05, 3.63) is 11.6 Å². The van der Waals surface area contributed by atoms with Crippen molar-refractivity contribution >= 4 is 11.6 Å². The van der Waals surface area contributed by atoms with E-state index in [2.05, 4.69) is 19.9 Å². The predicted molar refractivity (Wildman–Crippen MR) is 94.2 cm³/mol. The number of aliphatic hydroxyl groups is 1. The zero-order chi connectivity index (χ0) is 17.4. The molecule has 2 fully saturated rings. The van der Waals surface area contributed by atoms with Crippen molar-refractivity contribution in [1.82, 2.24) is 0 Å². The first-order chi connectivity index (χ1) is 10.8. The average Bonchev–Trinajstić information content (AvgIpc) is 2.49. The molecule has 2 aliphatic rings. The van der Waals surface area contributed by atoms with Gasteiger partial charge in [0.05, 0.1) is 6.10 Å². The van der Waals surface area contributed by atoms with Gasteiger partial charge in [-0.2, -0.15) is 0 Å². The van der Waals surface area contributed by atoms with E-state index in [1.165, 1.54) is 6.42 Å². The average molecular weight is 322 g/mol. The number of hydrogen-bond donors (Lipinski definition) is 1. The Morgan fingerprint density at radius 1 is 0.957 bits per heavy atom. The Hall–Kier alpha value is -0.960. The monoisotopic (exact) mass is 322 g/mol. The SMILES string of the molecule is CC(C)C(O)C1CCCCC1=O.CC(C)C=C1CCCCC1=O. The van der Waals surface area contributed by atoms with Crippen LogP contribution in [0.15, 0.2) is 11.6 Å². The molecule has 0 radical (unpaired) electrons. The Kier molecular flexibility index (Phi) is 8.75. The molecule has 0 aliphatic heterocycles. The van der Waals surface area contributed by atoms with Gasteiger partial charge < -0.3 is 5.11 Å². The molecule has 0 aromatic heterocycles. The number of allylic oxidation sites excluding steroid dienone is 2. The number of aliphatic hydroxyl groups excluding tert-OH is 1. The molecular formula is C20H34O3. The lowest BCUT2D eigenvalue weighted by Gasteiger charge is -2.27. The first-order valence-electron chi connectivity index (χ1n) is 9.27. The van der Waals surface area contributed by atoms with Crippen LogP contribution in [0.25, 0.3) is 0 Å².